The first-order valence-corrected chi connectivity index (χ1v) is 30.7. The van der Waals surface area contributed by atoms with E-state index in [2.05, 4.69) is 66.9 Å². The number of rotatable bonds is 10. The SMILES string of the molecule is CCCCCC(C)N=Cc1cccc(C2C(C)CCCC2C)c1OI(C)(C)(C)I(Cl)Cl. The zero-order valence-corrected chi connectivity index (χ0v) is 26.3. The van der Waals surface area contributed by atoms with Crippen LogP contribution in [0.5, 0.6) is 5.75 Å². The number of alkyl halides is 3. The van der Waals surface area contributed by atoms with E-state index >= 15 is 0 Å². The van der Waals surface area contributed by atoms with Crippen molar-refractivity contribution in [3.8, 4) is 5.75 Å². The van der Waals surface area contributed by atoms with Crippen LogP contribution in [0.2, 0.25) is 0 Å². The van der Waals surface area contributed by atoms with Gasteiger partial charge in [-0.15, -0.1) is 0 Å². The molecule has 0 spiro atoms. The molecule has 3 unspecified atom stereocenters. The first kappa shape index (κ1) is 28.0. The molecule has 1 aromatic rings. The zero-order chi connectivity index (χ0) is 23.3. The minimum atomic E-state index is -3.33. The molecule has 1 fully saturated rings. The number of nitrogens with zero attached hydrogens (tertiary/aromatic N) is 1. The Balaban J connectivity index is 2.47. The van der Waals surface area contributed by atoms with Gasteiger partial charge in [-0.1, -0.05) is 0 Å². The Morgan fingerprint density at radius 2 is 1.81 bits per heavy atom. The topological polar surface area (TPSA) is 21.6 Å². The van der Waals surface area contributed by atoms with Crippen LogP contribution in [0.4, 0.5) is 0 Å². The molecule has 31 heavy (non-hydrogen) atoms. The molecule has 6 heteroatoms. The predicted octanol–water partition coefficient (Wildman–Crippen LogP) is 10.1. The fraction of sp³-hybridized carbons (Fsp3) is 0.720. The molecule has 1 aliphatic rings. The third-order valence-electron chi connectivity index (χ3n) is 6.38. The Hall–Kier alpha value is 0.730. The van der Waals surface area contributed by atoms with Crippen molar-refractivity contribution in [2.24, 2.45) is 16.8 Å². The Morgan fingerprint density at radius 1 is 1.16 bits per heavy atom. The standard InChI is InChI=1S/C25H43Cl2I2NO/c1-8-9-10-15-21(4)30-18-22-16-12-17-23(24-19(2)13-11-14-20(24)3)25(22)31-29(5,6,7)28(26)27/h12,16-21,24H,8-11,13-15H2,1-7H3. The van der Waals surface area contributed by atoms with Crippen LogP contribution in [0, 0.1) is 11.8 Å². The summed E-state index contributed by atoms with van der Waals surface area (Å²) in [5.74, 6) is 2.82. The van der Waals surface area contributed by atoms with E-state index < -0.39 is 27.1 Å². The first-order valence-electron chi connectivity index (χ1n) is 11.6. The molecule has 1 aromatic carbocycles. The van der Waals surface area contributed by atoms with Gasteiger partial charge in [-0.2, -0.15) is 0 Å². The van der Waals surface area contributed by atoms with Crippen LogP contribution in [-0.2, 0) is 0 Å². The van der Waals surface area contributed by atoms with Crippen molar-refractivity contribution < 1.29 is 3.07 Å². The van der Waals surface area contributed by atoms with E-state index in [4.69, 9.17) is 25.9 Å². The van der Waals surface area contributed by atoms with Gasteiger partial charge in [-0.3, -0.25) is 0 Å². The number of halogens is 4. The monoisotopic (exact) mass is 697 g/mol. The maximum absolute atomic E-state index is 6.99. The number of unbranched alkanes of at least 4 members (excludes halogenated alkanes) is 2. The van der Waals surface area contributed by atoms with Crippen LogP contribution in [0.25, 0.3) is 0 Å². The molecule has 2 rings (SSSR count). The molecule has 2 nitrogen and oxygen atoms in total. The summed E-state index contributed by atoms with van der Waals surface area (Å²) in [6, 6.07) is 6.94. The number of hydrogen-bond acceptors (Lipinski definition) is 2. The molecule has 182 valence electrons. The van der Waals surface area contributed by atoms with Gasteiger partial charge in [-0.25, -0.2) is 0 Å². The third kappa shape index (κ3) is 7.88. The Labute approximate surface area is 203 Å². The summed E-state index contributed by atoms with van der Waals surface area (Å²) in [5, 5.41) is 0. The summed E-state index contributed by atoms with van der Waals surface area (Å²) in [5.41, 5.74) is 2.43. The van der Waals surface area contributed by atoms with Gasteiger partial charge in [0.15, 0.2) is 0 Å². The molecule has 0 aliphatic heterocycles. The predicted molar refractivity (Wildman–Crippen MR) is 161 cm³/mol. The van der Waals surface area contributed by atoms with E-state index in [-0.39, 0.29) is 0 Å². The summed E-state index contributed by atoms with van der Waals surface area (Å²) in [4.78, 5) is 11.6. The second-order valence-electron chi connectivity index (χ2n) is 10.1. The third-order valence-corrected chi connectivity index (χ3v) is 58.7. The summed E-state index contributed by atoms with van der Waals surface area (Å²) in [6.07, 6.45) is 10.8. The molecule has 0 saturated heterocycles. The van der Waals surface area contributed by atoms with Crippen LogP contribution in [0.15, 0.2) is 23.2 Å². The van der Waals surface area contributed by atoms with Gasteiger partial charge in [0, 0.05) is 0 Å². The molecule has 0 amide bonds. The van der Waals surface area contributed by atoms with Crippen LogP contribution >= 0.6 is 44.9 Å². The average molecular weight is 698 g/mol. The molecule has 1 aliphatic carbocycles. The molecule has 0 N–H and O–H groups in total. The average Bonchev–Trinajstić information content (AvgIpc) is 2.67. The Morgan fingerprint density at radius 3 is 2.39 bits per heavy atom. The normalized spacial score (nSPS) is 25.1. The fourth-order valence-electron chi connectivity index (χ4n) is 4.58. The maximum atomic E-state index is 6.99. The van der Waals surface area contributed by atoms with E-state index in [0.717, 1.165) is 17.7 Å². The molecule has 3 atom stereocenters. The minimum absolute atomic E-state index is 0.324. The van der Waals surface area contributed by atoms with Gasteiger partial charge in [0.05, 0.1) is 0 Å². The number of benzene rings is 1. The quantitative estimate of drug-likeness (QED) is 0.103. The summed E-state index contributed by atoms with van der Waals surface area (Å²) in [7, 11) is 13.3. The molecule has 0 aromatic heterocycles. The van der Waals surface area contributed by atoms with Gasteiger partial charge in [0.25, 0.3) is 0 Å². The number of hydrogen-bond donors (Lipinski definition) is 0. The van der Waals surface area contributed by atoms with E-state index in [1.165, 1.54) is 44.1 Å². The Kier molecular flexibility index (Phi) is 10.8. The van der Waals surface area contributed by atoms with Crippen LogP contribution in [-0.4, -0.2) is 27.0 Å². The van der Waals surface area contributed by atoms with E-state index in [0.29, 0.717) is 23.8 Å². The molecule has 0 radical (unpaired) electrons. The Bertz CT molecular complexity index is 735. The molecular formula is C25H43Cl2I2NO. The van der Waals surface area contributed by atoms with Gasteiger partial charge in [0.1, 0.15) is 0 Å². The summed E-state index contributed by atoms with van der Waals surface area (Å²) < 4.78 is 6.99. The van der Waals surface area contributed by atoms with Crippen molar-refractivity contribution >= 4 is 51.1 Å². The van der Waals surface area contributed by atoms with Gasteiger partial charge >= 0.3 is 205 Å². The number of para-hydroxylation sites is 1. The summed E-state index contributed by atoms with van der Waals surface area (Å²) >= 11 is -5.50. The fourth-order valence-corrected chi connectivity index (χ4v) is 10.6. The van der Waals surface area contributed by atoms with Gasteiger partial charge in [0.2, 0.25) is 0 Å². The summed E-state index contributed by atoms with van der Waals surface area (Å²) in [6.45, 7) is 9.26. The van der Waals surface area contributed by atoms with Crippen molar-refractivity contribution in [2.75, 3.05) is 14.8 Å². The van der Waals surface area contributed by atoms with Crippen molar-refractivity contribution in [3.63, 3.8) is 0 Å². The zero-order valence-electron chi connectivity index (χ0n) is 20.4. The van der Waals surface area contributed by atoms with E-state index in [9.17, 15) is 0 Å². The molecule has 0 heterocycles. The molecular weight excluding hydrogens is 655 g/mol. The van der Waals surface area contributed by atoms with Crippen LogP contribution in [0.3, 0.4) is 0 Å². The first-order chi connectivity index (χ1) is 14.4. The van der Waals surface area contributed by atoms with Crippen LogP contribution in [0.1, 0.15) is 89.7 Å². The van der Waals surface area contributed by atoms with Gasteiger partial charge in [-0.05, 0) is 0 Å². The van der Waals surface area contributed by atoms with Crippen molar-refractivity contribution in [2.45, 2.75) is 84.6 Å². The van der Waals surface area contributed by atoms with Crippen molar-refractivity contribution in [1.29, 1.82) is 0 Å². The molecule has 1 saturated carbocycles. The second-order valence-corrected chi connectivity index (χ2v) is 58.8. The van der Waals surface area contributed by atoms with Gasteiger partial charge < -0.3 is 0 Å². The van der Waals surface area contributed by atoms with Crippen LogP contribution < -0.4 is 3.07 Å². The van der Waals surface area contributed by atoms with E-state index in [1.54, 1.807) is 0 Å². The van der Waals surface area contributed by atoms with Crippen molar-refractivity contribution in [3.05, 3.63) is 29.3 Å². The van der Waals surface area contributed by atoms with E-state index in [1.807, 2.05) is 0 Å². The molecule has 0 bridgehead atoms. The van der Waals surface area contributed by atoms with Crippen molar-refractivity contribution in [1.82, 2.24) is 0 Å². The number of aliphatic imine (C=N–C) groups is 1. The second kappa shape index (κ2) is 11.9.